The van der Waals surface area contributed by atoms with Crippen LogP contribution in [0.1, 0.15) is 67.3 Å². The molecule has 3 heterocycles. The molecule has 1 aliphatic carbocycles. The van der Waals surface area contributed by atoms with Crippen molar-refractivity contribution in [3.63, 3.8) is 0 Å². The van der Waals surface area contributed by atoms with E-state index in [1.165, 1.54) is 6.20 Å². The third-order valence-corrected chi connectivity index (χ3v) is 7.50. The summed E-state index contributed by atoms with van der Waals surface area (Å²) in [6.45, 7) is 5.34. The van der Waals surface area contributed by atoms with Crippen LogP contribution in [0.4, 0.5) is 18.9 Å². The van der Waals surface area contributed by atoms with Gasteiger partial charge in [0.1, 0.15) is 40.1 Å². The number of halogens is 3. The van der Waals surface area contributed by atoms with Crippen molar-refractivity contribution in [2.24, 2.45) is 11.7 Å². The number of carbonyl (C=O) groups is 1. The summed E-state index contributed by atoms with van der Waals surface area (Å²) in [7, 11) is 0. The predicted octanol–water partition coefficient (Wildman–Crippen LogP) is 4.71. The van der Waals surface area contributed by atoms with Gasteiger partial charge in [-0.15, -0.1) is 5.10 Å². The first kappa shape index (κ1) is 28.4. The van der Waals surface area contributed by atoms with Crippen molar-refractivity contribution >= 4 is 11.6 Å². The minimum atomic E-state index is -1.13. The number of nitrogens with two attached hydrogens (primary N) is 1. The van der Waals surface area contributed by atoms with Crippen LogP contribution in [0.15, 0.2) is 55.0 Å². The molecule has 4 atom stereocenters. The normalized spacial score (nSPS) is 21.1. The van der Waals surface area contributed by atoms with Crippen molar-refractivity contribution in [2.75, 3.05) is 5.32 Å². The Balaban J connectivity index is 1.37. The molecule has 1 aliphatic rings. The molecule has 0 bridgehead atoms. The molecule has 41 heavy (non-hydrogen) atoms. The number of anilines is 1. The van der Waals surface area contributed by atoms with E-state index in [1.807, 2.05) is 0 Å². The van der Waals surface area contributed by atoms with E-state index in [4.69, 9.17) is 5.73 Å². The predicted molar refractivity (Wildman–Crippen MR) is 145 cm³/mol. The number of benzene rings is 1. The van der Waals surface area contributed by atoms with Gasteiger partial charge < -0.3 is 16.2 Å². The fraction of sp³-hybridized carbons (Fsp3) is 0.345. The molecule has 1 aromatic carbocycles. The highest BCUT2D eigenvalue weighted by atomic mass is 19.1. The van der Waals surface area contributed by atoms with Crippen LogP contribution in [-0.4, -0.2) is 42.0 Å². The Labute approximate surface area is 234 Å². The third-order valence-electron chi connectivity index (χ3n) is 7.50. The van der Waals surface area contributed by atoms with Crippen LogP contribution >= 0.6 is 0 Å². The van der Waals surface area contributed by atoms with Crippen LogP contribution in [0.25, 0.3) is 11.3 Å². The van der Waals surface area contributed by atoms with Crippen molar-refractivity contribution in [3.05, 3.63) is 89.4 Å². The molecule has 0 aliphatic heterocycles. The fourth-order valence-corrected chi connectivity index (χ4v) is 5.51. The van der Waals surface area contributed by atoms with Crippen LogP contribution < -0.4 is 11.1 Å². The zero-order chi connectivity index (χ0) is 29.5. The first-order valence-electron chi connectivity index (χ1n) is 13.2. The zero-order valence-corrected chi connectivity index (χ0v) is 22.7. The second kappa shape index (κ2) is 11.0. The largest absolute Gasteiger partial charge is 0.384 e. The van der Waals surface area contributed by atoms with Gasteiger partial charge in [0.05, 0.1) is 29.7 Å². The molecule has 0 saturated heterocycles. The Morgan fingerprint density at radius 1 is 1.10 bits per heavy atom. The summed E-state index contributed by atoms with van der Waals surface area (Å²) in [4.78, 5) is 21.3. The highest BCUT2D eigenvalue weighted by Gasteiger charge is 2.37. The Morgan fingerprint density at radius 2 is 1.83 bits per heavy atom. The summed E-state index contributed by atoms with van der Waals surface area (Å²) in [6.07, 6.45) is 6.13. The molecule has 4 N–H and O–H groups in total. The average molecular weight is 566 g/mol. The molecule has 1 amide bonds. The molecule has 214 valence electrons. The summed E-state index contributed by atoms with van der Waals surface area (Å²) in [6, 6.07) is 6.60. The van der Waals surface area contributed by atoms with Gasteiger partial charge in [-0.05, 0) is 74.4 Å². The van der Waals surface area contributed by atoms with E-state index in [0.717, 1.165) is 35.9 Å². The minimum absolute atomic E-state index is 0.0314. The highest BCUT2D eigenvalue weighted by molar-refractivity contribution is 6.03. The monoisotopic (exact) mass is 565 g/mol. The maximum absolute atomic E-state index is 14.5. The van der Waals surface area contributed by atoms with Gasteiger partial charge in [0.15, 0.2) is 0 Å². The number of aliphatic hydroxyl groups is 1. The molecular formula is C29H30F3N7O2. The van der Waals surface area contributed by atoms with Gasteiger partial charge in [-0.1, -0.05) is 18.2 Å². The van der Waals surface area contributed by atoms with Gasteiger partial charge in [0, 0.05) is 12.2 Å². The lowest BCUT2D eigenvalue weighted by atomic mass is 9.73. The summed E-state index contributed by atoms with van der Waals surface area (Å²) in [5.41, 5.74) is 5.73. The second-order valence-corrected chi connectivity index (χ2v) is 11.0. The van der Waals surface area contributed by atoms with E-state index in [2.05, 4.69) is 32.5 Å². The van der Waals surface area contributed by atoms with Gasteiger partial charge >= 0.3 is 0 Å². The SMILES string of the molecule is C[C@H]1C[C@@H](c2ccncc2NC(=O)c2ccc(F)c(-c3c(F)cccc3F)n2)C[C@@H](N)[C@H]1n1cc(C(C)(C)O)nn1. The molecule has 4 aromatic rings. The molecule has 1 fully saturated rings. The molecular weight excluding hydrogens is 535 g/mol. The number of aromatic nitrogens is 5. The number of amides is 1. The van der Waals surface area contributed by atoms with Gasteiger partial charge in [-0.25, -0.2) is 22.8 Å². The number of hydrogen-bond donors (Lipinski definition) is 3. The maximum Gasteiger partial charge on any atom is 0.274 e. The number of rotatable bonds is 6. The van der Waals surface area contributed by atoms with Gasteiger partial charge in [0.2, 0.25) is 0 Å². The minimum Gasteiger partial charge on any atom is -0.384 e. The first-order valence-corrected chi connectivity index (χ1v) is 13.2. The van der Waals surface area contributed by atoms with E-state index in [0.29, 0.717) is 24.2 Å². The van der Waals surface area contributed by atoms with Crippen molar-refractivity contribution in [1.29, 1.82) is 0 Å². The fourth-order valence-electron chi connectivity index (χ4n) is 5.51. The Hall–Kier alpha value is -4.16. The zero-order valence-electron chi connectivity index (χ0n) is 22.7. The topological polar surface area (TPSA) is 132 Å². The van der Waals surface area contributed by atoms with E-state index < -0.39 is 40.2 Å². The van der Waals surface area contributed by atoms with E-state index in [1.54, 1.807) is 37.0 Å². The van der Waals surface area contributed by atoms with Gasteiger partial charge in [-0.3, -0.25) is 9.78 Å². The van der Waals surface area contributed by atoms with Crippen molar-refractivity contribution in [1.82, 2.24) is 25.0 Å². The van der Waals surface area contributed by atoms with Crippen molar-refractivity contribution in [2.45, 2.75) is 57.2 Å². The van der Waals surface area contributed by atoms with Crippen LogP contribution in [-0.2, 0) is 5.60 Å². The second-order valence-electron chi connectivity index (χ2n) is 11.0. The molecule has 5 rings (SSSR count). The molecule has 0 radical (unpaired) electrons. The average Bonchev–Trinajstić information content (AvgIpc) is 3.40. The molecule has 9 nitrogen and oxygen atoms in total. The number of carbonyl (C=O) groups excluding carboxylic acids is 1. The first-order chi connectivity index (χ1) is 19.4. The van der Waals surface area contributed by atoms with E-state index in [-0.39, 0.29) is 29.6 Å². The molecule has 1 saturated carbocycles. The van der Waals surface area contributed by atoms with E-state index in [9.17, 15) is 23.1 Å². The summed E-state index contributed by atoms with van der Waals surface area (Å²) in [5, 5.41) is 21.4. The lowest BCUT2D eigenvalue weighted by Gasteiger charge is -2.39. The smallest absolute Gasteiger partial charge is 0.274 e. The van der Waals surface area contributed by atoms with Crippen molar-refractivity contribution < 1.29 is 23.1 Å². The summed E-state index contributed by atoms with van der Waals surface area (Å²) < 4.78 is 44.9. The van der Waals surface area contributed by atoms with Crippen LogP contribution in [0.2, 0.25) is 0 Å². The maximum atomic E-state index is 14.5. The van der Waals surface area contributed by atoms with Gasteiger partial charge in [0.25, 0.3) is 5.91 Å². The molecule has 3 aromatic heterocycles. The molecule has 12 heteroatoms. The lowest BCUT2D eigenvalue weighted by Crippen LogP contribution is -2.42. The van der Waals surface area contributed by atoms with Crippen molar-refractivity contribution in [3.8, 4) is 11.3 Å². The number of nitrogens with zero attached hydrogens (tertiary/aromatic N) is 5. The Morgan fingerprint density at radius 3 is 2.49 bits per heavy atom. The highest BCUT2D eigenvalue weighted by Crippen LogP contribution is 2.43. The summed E-state index contributed by atoms with van der Waals surface area (Å²) >= 11 is 0. The van der Waals surface area contributed by atoms with Crippen LogP contribution in [0.3, 0.4) is 0 Å². The summed E-state index contributed by atoms with van der Waals surface area (Å²) in [5.74, 6) is -3.59. The van der Waals surface area contributed by atoms with Gasteiger partial charge in [-0.2, -0.15) is 0 Å². The van der Waals surface area contributed by atoms with E-state index >= 15 is 0 Å². The molecule has 0 unspecified atom stereocenters. The number of nitrogens with one attached hydrogen (secondary N) is 1. The van der Waals surface area contributed by atoms with Crippen LogP contribution in [0, 0.1) is 23.4 Å². The lowest BCUT2D eigenvalue weighted by molar-refractivity contribution is 0.0736. The standard InChI is InChI=1S/C29H30F3N7O2/c1-15-11-16(12-21(33)27(15)39-14-24(37-38-39)29(2,3)41)17-9-10-34-13-23(17)36-28(40)22-8-7-20(32)26(35-22)25-18(30)5-4-6-19(25)31/h4-10,13-16,21,27,41H,11-12,33H2,1-3H3,(H,36,40)/t15-,16+,21+,27-/m0/s1. The molecule has 0 spiro atoms. The Kier molecular flexibility index (Phi) is 7.62. The Bertz CT molecular complexity index is 1550. The third kappa shape index (κ3) is 5.70. The van der Waals surface area contributed by atoms with Crippen LogP contribution in [0.5, 0.6) is 0 Å². The number of hydrogen-bond acceptors (Lipinski definition) is 7. The number of pyridine rings is 2. The quantitative estimate of drug-likeness (QED) is 0.308.